The molecule has 0 radical (unpaired) electrons. The second-order valence-electron chi connectivity index (χ2n) is 8.04. The van der Waals surface area contributed by atoms with E-state index in [1.54, 1.807) is 36.4 Å². The fraction of sp³-hybridized carbons (Fsp3) is 0.417. The largest absolute Gasteiger partial charge is 0.357 e. The van der Waals surface area contributed by atoms with Crippen LogP contribution < -0.4 is 9.62 Å². The van der Waals surface area contributed by atoms with Crippen molar-refractivity contribution >= 4 is 50.7 Å². The highest BCUT2D eigenvalue weighted by Crippen LogP contribution is 2.27. The fourth-order valence-corrected chi connectivity index (χ4v) is 5.20. The summed E-state index contributed by atoms with van der Waals surface area (Å²) in [6.07, 6.45) is 1.86. The second kappa shape index (κ2) is 12.4. The number of hydrogen-bond acceptors (Lipinski definition) is 4. The zero-order valence-electron chi connectivity index (χ0n) is 19.8. The highest BCUT2D eigenvalue weighted by Gasteiger charge is 2.29. The molecule has 2 aromatic carbocycles. The first-order valence-electron chi connectivity index (χ1n) is 11.0. The second-order valence-corrected chi connectivity index (χ2v) is 10.8. The maximum absolute atomic E-state index is 13.3. The van der Waals surface area contributed by atoms with Crippen molar-refractivity contribution in [1.29, 1.82) is 0 Å². The molecule has 0 heterocycles. The van der Waals surface area contributed by atoms with Crippen LogP contribution in [0.1, 0.15) is 37.3 Å². The summed E-state index contributed by atoms with van der Waals surface area (Å²) in [6, 6.07) is 11.5. The Kier molecular flexibility index (Phi) is 10.2. The van der Waals surface area contributed by atoms with Crippen LogP contribution in [0.4, 0.5) is 5.69 Å². The zero-order chi connectivity index (χ0) is 25.5. The van der Waals surface area contributed by atoms with E-state index in [2.05, 4.69) is 5.32 Å². The molecule has 0 aliphatic heterocycles. The van der Waals surface area contributed by atoms with Crippen LogP contribution in [0.15, 0.2) is 42.5 Å². The van der Waals surface area contributed by atoms with Crippen molar-refractivity contribution in [3.8, 4) is 0 Å². The SMILES string of the molecule is CC[C@H](C(=O)NC)N(Cc1c(Cl)cccc1Cl)C(=O)CCCN(c1cccc(C)c1)S(C)(=O)=O. The van der Waals surface area contributed by atoms with Crippen molar-refractivity contribution in [2.24, 2.45) is 0 Å². The number of nitrogens with one attached hydrogen (secondary N) is 1. The Labute approximate surface area is 212 Å². The van der Waals surface area contributed by atoms with Crippen LogP contribution in [-0.4, -0.2) is 51.0 Å². The van der Waals surface area contributed by atoms with Crippen molar-refractivity contribution in [3.05, 3.63) is 63.6 Å². The van der Waals surface area contributed by atoms with E-state index in [0.717, 1.165) is 11.8 Å². The van der Waals surface area contributed by atoms with Gasteiger partial charge in [-0.1, -0.05) is 48.3 Å². The van der Waals surface area contributed by atoms with Gasteiger partial charge < -0.3 is 10.2 Å². The lowest BCUT2D eigenvalue weighted by Crippen LogP contribution is -2.48. The number of hydrogen-bond donors (Lipinski definition) is 1. The summed E-state index contributed by atoms with van der Waals surface area (Å²) in [6.45, 7) is 3.90. The van der Waals surface area contributed by atoms with Gasteiger partial charge in [-0.25, -0.2) is 8.42 Å². The van der Waals surface area contributed by atoms with Crippen LogP contribution >= 0.6 is 23.2 Å². The van der Waals surface area contributed by atoms with Gasteiger partial charge in [0.25, 0.3) is 0 Å². The summed E-state index contributed by atoms with van der Waals surface area (Å²) in [4.78, 5) is 27.3. The highest BCUT2D eigenvalue weighted by molar-refractivity contribution is 7.92. The van der Waals surface area contributed by atoms with Gasteiger partial charge in [0.1, 0.15) is 6.04 Å². The molecule has 10 heteroatoms. The lowest BCUT2D eigenvalue weighted by atomic mass is 10.1. The number of amides is 2. The molecule has 1 atom stereocenters. The molecule has 1 N–H and O–H groups in total. The molecule has 2 amide bonds. The van der Waals surface area contributed by atoms with Gasteiger partial charge in [-0.2, -0.15) is 0 Å². The van der Waals surface area contributed by atoms with Crippen molar-refractivity contribution in [3.63, 3.8) is 0 Å². The zero-order valence-corrected chi connectivity index (χ0v) is 22.2. The molecule has 0 bridgehead atoms. The fourth-order valence-electron chi connectivity index (χ4n) is 3.73. The third-order valence-corrected chi connectivity index (χ3v) is 7.37. The van der Waals surface area contributed by atoms with Crippen molar-refractivity contribution < 1.29 is 18.0 Å². The van der Waals surface area contributed by atoms with Crippen molar-refractivity contribution in [2.45, 2.75) is 45.7 Å². The van der Waals surface area contributed by atoms with E-state index >= 15 is 0 Å². The molecule has 0 unspecified atom stereocenters. The van der Waals surface area contributed by atoms with Gasteiger partial charge in [-0.3, -0.25) is 13.9 Å². The number of benzene rings is 2. The number of carbonyl (C=O) groups excluding carboxylic acids is 2. The van der Waals surface area contributed by atoms with Crippen LogP contribution in [0, 0.1) is 6.92 Å². The summed E-state index contributed by atoms with van der Waals surface area (Å²) < 4.78 is 26.1. The third-order valence-electron chi connectivity index (χ3n) is 5.46. The summed E-state index contributed by atoms with van der Waals surface area (Å²) in [5, 5.41) is 3.41. The molecule has 7 nitrogen and oxygen atoms in total. The van der Waals surface area contributed by atoms with E-state index in [1.165, 1.54) is 16.3 Å². The van der Waals surface area contributed by atoms with E-state index in [-0.39, 0.29) is 37.7 Å². The number of halogens is 2. The maximum atomic E-state index is 13.3. The van der Waals surface area contributed by atoms with E-state index in [1.807, 2.05) is 19.9 Å². The summed E-state index contributed by atoms with van der Waals surface area (Å²) in [5.74, 6) is -0.583. The standard InChI is InChI=1S/C24H31Cl2N3O4S/c1-5-22(24(31)27-3)28(16-19-20(25)11-7-12-21(19)26)23(30)13-8-14-29(34(4,32)33)18-10-6-9-17(2)15-18/h6-7,9-12,15,22H,5,8,13-14,16H2,1-4H3,(H,27,31)/t22-/m1/s1. The number of nitrogens with zero attached hydrogens (tertiary/aromatic N) is 2. The molecule has 0 aliphatic carbocycles. The molecule has 186 valence electrons. The molecule has 0 aliphatic rings. The van der Waals surface area contributed by atoms with Gasteiger partial charge in [0.15, 0.2) is 0 Å². The Morgan fingerprint density at radius 2 is 1.71 bits per heavy atom. The van der Waals surface area contributed by atoms with Crippen LogP contribution in [0.2, 0.25) is 10.0 Å². The predicted molar refractivity (Wildman–Crippen MR) is 138 cm³/mol. The van der Waals surface area contributed by atoms with Crippen LogP contribution in [0.5, 0.6) is 0 Å². The van der Waals surface area contributed by atoms with E-state index < -0.39 is 16.1 Å². The van der Waals surface area contributed by atoms with Gasteiger partial charge in [-0.05, 0) is 49.6 Å². The number of aryl methyl sites for hydroxylation is 1. The molecular weight excluding hydrogens is 497 g/mol. The quantitative estimate of drug-likeness (QED) is 0.469. The molecule has 2 rings (SSSR count). The molecule has 2 aromatic rings. The topological polar surface area (TPSA) is 86.8 Å². The molecule has 0 saturated heterocycles. The minimum absolute atomic E-state index is 0.0490. The third kappa shape index (κ3) is 7.35. The van der Waals surface area contributed by atoms with Crippen LogP contribution in [-0.2, 0) is 26.2 Å². The van der Waals surface area contributed by atoms with Gasteiger partial charge in [0, 0.05) is 42.2 Å². The molecule has 0 saturated carbocycles. The van der Waals surface area contributed by atoms with Gasteiger partial charge >= 0.3 is 0 Å². The first-order chi connectivity index (χ1) is 16.0. The molecule has 0 aromatic heterocycles. The maximum Gasteiger partial charge on any atom is 0.242 e. The van der Waals surface area contributed by atoms with Crippen molar-refractivity contribution in [1.82, 2.24) is 10.2 Å². The minimum atomic E-state index is -3.54. The summed E-state index contributed by atoms with van der Waals surface area (Å²) in [5.41, 5.74) is 2.03. The van der Waals surface area contributed by atoms with Gasteiger partial charge in [0.2, 0.25) is 21.8 Å². The van der Waals surface area contributed by atoms with Crippen LogP contribution in [0.3, 0.4) is 0 Å². The average Bonchev–Trinajstić information content (AvgIpc) is 2.77. The Hall–Kier alpha value is -2.29. The normalized spacial score (nSPS) is 12.2. The van der Waals surface area contributed by atoms with Gasteiger partial charge in [-0.15, -0.1) is 0 Å². The summed E-state index contributed by atoms with van der Waals surface area (Å²) >= 11 is 12.6. The lowest BCUT2D eigenvalue weighted by molar-refractivity contribution is -0.141. The monoisotopic (exact) mass is 527 g/mol. The Morgan fingerprint density at radius 3 is 2.24 bits per heavy atom. The first kappa shape index (κ1) is 28.0. The molecular formula is C24H31Cl2N3O4S. The summed E-state index contributed by atoms with van der Waals surface area (Å²) in [7, 11) is -2.03. The van der Waals surface area contributed by atoms with Crippen molar-refractivity contribution in [2.75, 3.05) is 24.2 Å². The lowest BCUT2D eigenvalue weighted by Gasteiger charge is -2.31. The number of rotatable bonds is 11. The molecule has 0 spiro atoms. The predicted octanol–water partition coefficient (Wildman–Crippen LogP) is 4.40. The number of likely N-dealkylation sites (N-methyl/N-ethyl adjacent to an activating group) is 1. The van der Waals surface area contributed by atoms with Crippen LogP contribution in [0.25, 0.3) is 0 Å². The molecule has 34 heavy (non-hydrogen) atoms. The first-order valence-corrected chi connectivity index (χ1v) is 13.6. The minimum Gasteiger partial charge on any atom is -0.357 e. The highest BCUT2D eigenvalue weighted by atomic mass is 35.5. The molecule has 0 fully saturated rings. The Morgan fingerprint density at radius 1 is 1.09 bits per heavy atom. The Bertz CT molecular complexity index is 1100. The number of anilines is 1. The smallest absolute Gasteiger partial charge is 0.242 e. The number of carbonyl (C=O) groups is 2. The Balaban J connectivity index is 2.24. The number of sulfonamides is 1. The van der Waals surface area contributed by atoms with E-state index in [0.29, 0.717) is 27.7 Å². The van der Waals surface area contributed by atoms with Gasteiger partial charge in [0.05, 0.1) is 11.9 Å². The average molecular weight is 529 g/mol. The van der Waals surface area contributed by atoms with E-state index in [9.17, 15) is 18.0 Å². The van der Waals surface area contributed by atoms with E-state index in [4.69, 9.17) is 23.2 Å².